The van der Waals surface area contributed by atoms with Gasteiger partial charge in [0.05, 0.1) is 18.7 Å². The third kappa shape index (κ3) is 4.42. The largest absolute Gasteiger partial charge is 0.395 e. The smallest absolute Gasteiger partial charge is 0.251 e. The minimum atomic E-state index is -0.119. The molecule has 0 saturated carbocycles. The second-order valence-electron chi connectivity index (χ2n) is 4.46. The van der Waals surface area contributed by atoms with Gasteiger partial charge in [0.1, 0.15) is 0 Å². The molecular weight excluding hydrogens is 284 g/mol. The summed E-state index contributed by atoms with van der Waals surface area (Å²) in [7, 11) is 0. The standard InChI is InChI=1S/C16H16N2O2S/c1-12-5-6-13(4-2-3-7-19)8-15(12)16(20)18-10-14-9-17-11-21-14/h5-6,8-9,11,19H,3,7,10H2,1H3,(H,18,20). The van der Waals surface area contributed by atoms with E-state index in [0.717, 1.165) is 16.0 Å². The van der Waals surface area contributed by atoms with Gasteiger partial charge in [-0.25, -0.2) is 0 Å². The number of amides is 1. The molecule has 1 aromatic carbocycles. The Balaban J connectivity index is 2.09. The van der Waals surface area contributed by atoms with Gasteiger partial charge in [-0.05, 0) is 24.6 Å². The van der Waals surface area contributed by atoms with Crippen molar-refractivity contribution in [1.29, 1.82) is 0 Å². The van der Waals surface area contributed by atoms with Crippen molar-refractivity contribution in [2.24, 2.45) is 0 Å². The average Bonchev–Trinajstić information content (AvgIpc) is 3.00. The summed E-state index contributed by atoms with van der Waals surface area (Å²) in [5.74, 6) is 5.67. The predicted molar refractivity (Wildman–Crippen MR) is 83.0 cm³/mol. The zero-order valence-electron chi connectivity index (χ0n) is 11.7. The van der Waals surface area contributed by atoms with Crippen molar-refractivity contribution in [3.63, 3.8) is 0 Å². The molecule has 0 aliphatic heterocycles. The van der Waals surface area contributed by atoms with E-state index < -0.39 is 0 Å². The summed E-state index contributed by atoms with van der Waals surface area (Å²) < 4.78 is 0. The Labute approximate surface area is 127 Å². The molecule has 0 radical (unpaired) electrons. The zero-order valence-corrected chi connectivity index (χ0v) is 12.5. The molecule has 0 aliphatic rings. The molecule has 0 saturated heterocycles. The van der Waals surface area contributed by atoms with Gasteiger partial charge in [-0.15, -0.1) is 11.3 Å². The maximum absolute atomic E-state index is 12.2. The summed E-state index contributed by atoms with van der Waals surface area (Å²) in [5.41, 5.74) is 4.04. The third-order valence-electron chi connectivity index (χ3n) is 2.86. The van der Waals surface area contributed by atoms with E-state index >= 15 is 0 Å². The van der Waals surface area contributed by atoms with Crippen molar-refractivity contribution in [2.75, 3.05) is 6.61 Å². The van der Waals surface area contributed by atoms with Crippen LogP contribution in [0.1, 0.15) is 32.8 Å². The normalized spacial score (nSPS) is 9.81. The van der Waals surface area contributed by atoms with Crippen molar-refractivity contribution in [3.8, 4) is 11.8 Å². The number of nitrogens with one attached hydrogen (secondary N) is 1. The lowest BCUT2D eigenvalue weighted by atomic mass is 10.0. The Bertz CT molecular complexity index is 669. The highest BCUT2D eigenvalue weighted by atomic mass is 32.1. The van der Waals surface area contributed by atoms with E-state index in [-0.39, 0.29) is 12.5 Å². The van der Waals surface area contributed by atoms with Crippen LogP contribution in [-0.2, 0) is 6.54 Å². The molecule has 0 aliphatic carbocycles. The Morgan fingerprint density at radius 2 is 2.33 bits per heavy atom. The van der Waals surface area contributed by atoms with Gasteiger partial charge in [-0.1, -0.05) is 17.9 Å². The van der Waals surface area contributed by atoms with Crippen LogP contribution >= 0.6 is 11.3 Å². The molecule has 4 nitrogen and oxygen atoms in total. The molecule has 0 unspecified atom stereocenters. The molecule has 2 aromatic rings. The van der Waals surface area contributed by atoms with Gasteiger partial charge >= 0.3 is 0 Å². The second kappa shape index (κ2) is 7.58. The Hall–Kier alpha value is -2.16. The molecule has 5 heteroatoms. The fraction of sp³-hybridized carbons (Fsp3) is 0.250. The first-order valence-electron chi connectivity index (χ1n) is 6.56. The molecule has 0 atom stereocenters. The Kier molecular flexibility index (Phi) is 5.50. The topological polar surface area (TPSA) is 62.2 Å². The molecule has 0 fully saturated rings. The number of aliphatic hydroxyl groups is 1. The molecule has 1 heterocycles. The van der Waals surface area contributed by atoms with Crippen molar-refractivity contribution in [3.05, 3.63) is 51.5 Å². The Morgan fingerprint density at radius 3 is 3.05 bits per heavy atom. The van der Waals surface area contributed by atoms with Crippen LogP contribution in [0.25, 0.3) is 0 Å². The van der Waals surface area contributed by atoms with E-state index in [1.807, 2.05) is 19.1 Å². The minimum absolute atomic E-state index is 0.0427. The SMILES string of the molecule is Cc1ccc(C#CCCO)cc1C(=O)NCc1cncs1. The fourth-order valence-electron chi connectivity index (χ4n) is 1.76. The molecule has 2 N–H and O–H groups in total. The van der Waals surface area contributed by atoms with E-state index in [2.05, 4.69) is 22.1 Å². The highest BCUT2D eigenvalue weighted by Crippen LogP contribution is 2.12. The first kappa shape index (κ1) is 15.2. The van der Waals surface area contributed by atoms with Crippen LogP contribution in [0.2, 0.25) is 0 Å². The number of aliphatic hydroxyl groups excluding tert-OH is 1. The number of hydrogen-bond donors (Lipinski definition) is 2. The lowest BCUT2D eigenvalue weighted by Gasteiger charge is -2.07. The van der Waals surface area contributed by atoms with Gasteiger partial charge in [0.2, 0.25) is 0 Å². The summed E-state index contributed by atoms with van der Waals surface area (Å²) >= 11 is 1.51. The van der Waals surface area contributed by atoms with Crippen molar-refractivity contribution in [1.82, 2.24) is 10.3 Å². The number of benzene rings is 1. The predicted octanol–water partition coefficient (Wildman–Crippen LogP) is 2.12. The molecule has 21 heavy (non-hydrogen) atoms. The Morgan fingerprint density at radius 1 is 1.48 bits per heavy atom. The number of aryl methyl sites for hydroxylation is 1. The number of carbonyl (C=O) groups is 1. The minimum Gasteiger partial charge on any atom is -0.395 e. The van der Waals surface area contributed by atoms with Crippen LogP contribution < -0.4 is 5.32 Å². The molecule has 1 amide bonds. The molecular formula is C16H16N2O2S. The monoisotopic (exact) mass is 300 g/mol. The number of nitrogens with zero attached hydrogens (tertiary/aromatic N) is 1. The van der Waals surface area contributed by atoms with E-state index in [1.54, 1.807) is 17.8 Å². The van der Waals surface area contributed by atoms with Gasteiger partial charge in [0.15, 0.2) is 0 Å². The number of hydrogen-bond acceptors (Lipinski definition) is 4. The number of aromatic nitrogens is 1. The van der Waals surface area contributed by atoms with Crippen molar-refractivity contribution >= 4 is 17.2 Å². The van der Waals surface area contributed by atoms with Gasteiger partial charge in [0.25, 0.3) is 5.91 Å². The summed E-state index contributed by atoms with van der Waals surface area (Å²) in [4.78, 5) is 17.2. The maximum Gasteiger partial charge on any atom is 0.251 e. The van der Waals surface area contributed by atoms with Crippen LogP contribution in [0.3, 0.4) is 0 Å². The van der Waals surface area contributed by atoms with Crippen molar-refractivity contribution < 1.29 is 9.90 Å². The quantitative estimate of drug-likeness (QED) is 0.850. The third-order valence-corrected chi connectivity index (χ3v) is 3.64. The van der Waals surface area contributed by atoms with Crippen LogP contribution in [0.4, 0.5) is 0 Å². The van der Waals surface area contributed by atoms with Gasteiger partial charge in [-0.2, -0.15) is 0 Å². The van der Waals surface area contributed by atoms with Gasteiger partial charge in [0, 0.05) is 28.6 Å². The zero-order chi connectivity index (χ0) is 15.1. The molecule has 1 aromatic heterocycles. The fourth-order valence-corrected chi connectivity index (χ4v) is 2.29. The first-order chi connectivity index (χ1) is 10.2. The van der Waals surface area contributed by atoms with E-state index in [4.69, 9.17) is 5.11 Å². The van der Waals surface area contributed by atoms with E-state index in [0.29, 0.717) is 18.5 Å². The van der Waals surface area contributed by atoms with Gasteiger partial charge in [-0.3, -0.25) is 9.78 Å². The van der Waals surface area contributed by atoms with Crippen LogP contribution in [0, 0.1) is 18.8 Å². The average molecular weight is 300 g/mol. The van der Waals surface area contributed by atoms with E-state index in [9.17, 15) is 4.79 Å². The highest BCUT2D eigenvalue weighted by molar-refractivity contribution is 7.09. The number of rotatable bonds is 4. The molecule has 0 bridgehead atoms. The summed E-state index contributed by atoms with van der Waals surface area (Å²) in [6.07, 6.45) is 2.18. The maximum atomic E-state index is 12.2. The summed E-state index contributed by atoms with van der Waals surface area (Å²) in [6, 6.07) is 5.53. The lowest BCUT2D eigenvalue weighted by molar-refractivity contribution is 0.0950. The number of thiazole rings is 1. The molecule has 108 valence electrons. The molecule has 0 spiro atoms. The van der Waals surface area contributed by atoms with Crippen molar-refractivity contribution in [2.45, 2.75) is 19.9 Å². The highest BCUT2D eigenvalue weighted by Gasteiger charge is 2.09. The van der Waals surface area contributed by atoms with E-state index in [1.165, 1.54) is 11.3 Å². The first-order valence-corrected chi connectivity index (χ1v) is 7.44. The van der Waals surface area contributed by atoms with Crippen LogP contribution in [0.5, 0.6) is 0 Å². The summed E-state index contributed by atoms with van der Waals surface area (Å²) in [6.45, 7) is 2.41. The van der Waals surface area contributed by atoms with Crippen LogP contribution in [-0.4, -0.2) is 22.6 Å². The molecule has 2 rings (SSSR count). The number of carbonyl (C=O) groups excluding carboxylic acids is 1. The van der Waals surface area contributed by atoms with Gasteiger partial charge < -0.3 is 10.4 Å². The summed E-state index contributed by atoms with van der Waals surface area (Å²) in [5, 5.41) is 11.6. The van der Waals surface area contributed by atoms with Crippen LogP contribution in [0.15, 0.2) is 29.9 Å². The lowest BCUT2D eigenvalue weighted by Crippen LogP contribution is -2.23. The second-order valence-corrected chi connectivity index (χ2v) is 5.43.